The van der Waals surface area contributed by atoms with Crippen LogP contribution in [0.1, 0.15) is 34.8 Å². The Hall–Kier alpha value is -3.59. The Balaban J connectivity index is 1.64. The number of nitrogens with one attached hydrogen (secondary N) is 2. The fourth-order valence-corrected chi connectivity index (χ4v) is 3.81. The Morgan fingerprint density at radius 1 is 1.16 bits per heavy atom. The molecule has 9 heteroatoms. The number of nitro benzene ring substituents is 1. The molecule has 0 aliphatic rings. The summed E-state index contributed by atoms with van der Waals surface area (Å²) in [5, 5.41) is 18.9. The van der Waals surface area contributed by atoms with Crippen molar-refractivity contribution in [1.29, 1.82) is 0 Å². The molecular formula is C22H22N4O4S. The highest BCUT2D eigenvalue weighted by Crippen LogP contribution is 2.27. The average Bonchev–Trinajstić information content (AvgIpc) is 3.19. The van der Waals surface area contributed by atoms with Gasteiger partial charge in [-0.05, 0) is 31.4 Å². The third kappa shape index (κ3) is 5.73. The van der Waals surface area contributed by atoms with Crippen LogP contribution in [0.4, 0.5) is 10.8 Å². The van der Waals surface area contributed by atoms with Crippen LogP contribution in [0.3, 0.4) is 0 Å². The molecular weight excluding hydrogens is 416 g/mol. The number of hydrogen-bond donors (Lipinski definition) is 2. The highest BCUT2D eigenvalue weighted by molar-refractivity contribution is 7.14. The number of anilines is 1. The van der Waals surface area contributed by atoms with Gasteiger partial charge in [-0.1, -0.05) is 30.3 Å². The smallest absolute Gasteiger partial charge is 0.273 e. The van der Waals surface area contributed by atoms with Crippen molar-refractivity contribution in [2.75, 3.05) is 11.9 Å². The number of hydrogen-bond acceptors (Lipinski definition) is 6. The second kappa shape index (κ2) is 9.94. The Kier molecular flexibility index (Phi) is 7.09. The predicted molar refractivity (Wildman–Crippen MR) is 120 cm³/mol. The Bertz CT molecular complexity index is 1110. The van der Waals surface area contributed by atoms with Gasteiger partial charge in [0.2, 0.25) is 5.91 Å². The number of thiazole rings is 1. The lowest BCUT2D eigenvalue weighted by Gasteiger charge is -2.06. The number of rotatable bonds is 8. The summed E-state index contributed by atoms with van der Waals surface area (Å²) in [6, 6.07) is 12.4. The minimum Gasteiger partial charge on any atom is -0.356 e. The molecule has 0 unspecified atom stereocenters. The van der Waals surface area contributed by atoms with Crippen LogP contribution in [-0.4, -0.2) is 28.3 Å². The van der Waals surface area contributed by atoms with Crippen molar-refractivity contribution in [1.82, 2.24) is 10.3 Å². The van der Waals surface area contributed by atoms with E-state index in [9.17, 15) is 19.7 Å². The van der Waals surface area contributed by atoms with Gasteiger partial charge in [-0.2, -0.15) is 0 Å². The Morgan fingerprint density at radius 3 is 2.58 bits per heavy atom. The number of aromatic nitrogens is 1. The van der Waals surface area contributed by atoms with Crippen LogP contribution in [0.15, 0.2) is 47.8 Å². The number of nitro groups is 1. The maximum Gasteiger partial charge on any atom is 0.273 e. The maximum absolute atomic E-state index is 12.6. The molecule has 0 spiro atoms. The van der Waals surface area contributed by atoms with Crippen molar-refractivity contribution in [3.8, 4) is 11.3 Å². The number of carbonyl (C=O) groups excluding carboxylic acids is 2. The molecule has 8 nitrogen and oxygen atoms in total. The van der Waals surface area contributed by atoms with Crippen LogP contribution in [0.25, 0.3) is 11.3 Å². The molecule has 160 valence electrons. The molecule has 2 amide bonds. The van der Waals surface area contributed by atoms with Crippen LogP contribution in [0.2, 0.25) is 0 Å². The van der Waals surface area contributed by atoms with Crippen LogP contribution in [-0.2, 0) is 11.2 Å². The lowest BCUT2D eigenvalue weighted by atomic mass is 10.1. The summed E-state index contributed by atoms with van der Waals surface area (Å²) in [6.45, 7) is 3.71. The second-order valence-electron chi connectivity index (χ2n) is 6.98. The summed E-state index contributed by atoms with van der Waals surface area (Å²) in [7, 11) is 0. The third-order valence-electron chi connectivity index (χ3n) is 4.74. The second-order valence-corrected chi connectivity index (χ2v) is 7.84. The number of amides is 2. The third-order valence-corrected chi connectivity index (χ3v) is 5.49. The van der Waals surface area contributed by atoms with Gasteiger partial charge in [0.1, 0.15) is 0 Å². The maximum atomic E-state index is 12.6. The van der Waals surface area contributed by atoms with Crippen molar-refractivity contribution in [3.05, 3.63) is 74.6 Å². The first kappa shape index (κ1) is 22.1. The van der Waals surface area contributed by atoms with E-state index >= 15 is 0 Å². The summed E-state index contributed by atoms with van der Waals surface area (Å²) >= 11 is 1.29. The lowest BCUT2D eigenvalue weighted by molar-refractivity contribution is -0.385. The summed E-state index contributed by atoms with van der Waals surface area (Å²) < 4.78 is 0. The van der Waals surface area contributed by atoms with Gasteiger partial charge in [0.15, 0.2) is 5.13 Å². The zero-order valence-electron chi connectivity index (χ0n) is 17.2. The fourth-order valence-electron chi connectivity index (χ4n) is 3.09. The number of aryl methyl sites for hydroxylation is 1. The lowest BCUT2D eigenvalue weighted by Crippen LogP contribution is -2.21. The first-order chi connectivity index (χ1) is 14.8. The van der Waals surface area contributed by atoms with Crippen molar-refractivity contribution >= 4 is 34.0 Å². The molecule has 0 bridgehead atoms. The molecule has 0 fully saturated rings. The zero-order valence-corrected chi connectivity index (χ0v) is 18.0. The van der Waals surface area contributed by atoms with Gasteiger partial charge in [0, 0.05) is 41.6 Å². The monoisotopic (exact) mass is 438 g/mol. The molecule has 0 aliphatic carbocycles. The van der Waals surface area contributed by atoms with Crippen molar-refractivity contribution < 1.29 is 14.5 Å². The summed E-state index contributed by atoms with van der Waals surface area (Å²) in [4.78, 5) is 38.5. The molecule has 0 saturated heterocycles. The molecule has 2 N–H and O–H groups in total. The number of benzene rings is 2. The molecule has 2 aromatic carbocycles. The van der Waals surface area contributed by atoms with E-state index in [0.717, 1.165) is 24.1 Å². The molecule has 3 rings (SSSR count). The van der Waals surface area contributed by atoms with Crippen LogP contribution >= 0.6 is 11.3 Å². The van der Waals surface area contributed by atoms with E-state index in [4.69, 9.17) is 0 Å². The molecule has 3 aromatic rings. The topological polar surface area (TPSA) is 114 Å². The first-order valence-electron chi connectivity index (χ1n) is 9.70. The van der Waals surface area contributed by atoms with E-state index in [-0.39, 0.29) is 17.2 Å². The molecule has 0 aliphatic heterocycles. The number of nitrogens with zero attached hydrogens (tertiary/aromatic N) is 2. The molecule has 1 heterocycles. The normalized spacial score (nSPS) is 10.5. The van der Waals surface area contributed by atoms with E-state index in [1.165, 1.54) is 36.0 Å². The number of carbonyl (C=O) groups is 2. The summed E-state index contributed by atoms with van der Waals surface area (Å²) in [5.74, 6) is -0.459. The molecule has 0 radical (unpaired) electrons. The van der Waals surface area contributed by atoms with Crippen LogP contribution < -0.4 is 10.6 Å². The fraction of sp³-hybridized carbons (Fsp3) is 0.227. The first-order valence-corrected chi connectivity index (χ1v) is 10.6. The zero-order chi connectivity index (χ0) is 22.4. The minimum absolute atomic E-state index is 0.0255. The average molecular weight is 439 g/mol. The highest BCUT2D eigenvalue weighted by Gasteiger charge is 2.19. The van der Waals surface area contributed by atoms with Gasteiger partial charge in [0.25, 0.3) is 11.6 Å². The quantitative estimate of drug-likeness (QED) is 0.308. The molecule has 0 saturated carbocycles. The van der Waals surface area contributed by atoms with Crippen molar-refractivity contribution in [3.63, 3.8) is 0 Å². The van der Waals surface area contributed by atoms with E-state index in [1.54, 1.807) is 13.0 Å². The molecule has 31 heavy (non-hydrogen) atoms. The van der Waals surface area contributed by atoms with E-state index < -0.39 is 10.8 Å². The Labute approximate surface area is 183 Å². The van der Waals surface area contributed by atoms with Gasteiger partial charge in [0.05, 0.1) is 10.6 Å². The van der Waals surface area contributed by atoms with Gasteiger partial charge < -0.3 is 5.32 Å². The van der Waals surface area contributed by atoms with Gasteiger partial charge in [-0.25, -0.2) is 4.98 Å². The van der Waals surface area contributed by atoms with Gasteiger partial charge >= 0.3 is 0 Å². The molecule has 0 atom stereocenters. The van der Waals surface area contributed by atoms with E-state index in [2.05, 4.69) is 15.6 Å². The van der Waals surface area contributed by atoms with Crippen LogP contribution in [0.5, 0.6) is 0 Å². The predicted octanol–water partition coefficient (Wildman–Crippen LogP) is 4.35. The van der Waals surface area contributed by atoms with Gasteiger partial charge in [-0.15, -0.1) is 11.3 Å². The summed E-state index contributed by atoms with van der Waals surface area (Å²) in [5.41, 5.74) is 3.30. The highest BCUT2D eigenvalue weighted by atomic mass is 32.1. The van der Waals surface area contributed by atoms with Crippen molar-refractivity contribution in [2.24, 2.45) is 0 Å². The largest absolute Gasteiger partial charge is 0.356 e. The van der Waals surface area contributed by atoms with Crippen molar-refractivity contribution in [2.45, 2.75) is 26.7 Å². The Morgan fingerprint density at radius 2 is 1.90 bits per heavy atom. The minimum atomic E-state index is -0.503. The standard InChI is InChI=1S/C22H22N4O4S/c1-14-18(6-3-7-20(14)26(29)30)21(28)25-22-24-19(13-31-22)17-10-8-16(9-11-17)5-4-12-23-15(2)27/h3,6-11,13H,4-5,12H2,1-2H3,(H,23,27)(H,24,25,28). The molecule has 1 aromatic heterocycles. The SMILES string of the molecule is CC(=O)NCCCc1ccc(-c2csc(NC(=O)c3cccc([N+](=O)[O-])c3C)n2)cc1. The van der Waals surface area contributed by atoms with E-state index in [1.807, 2.05) is 29.6 Å². The van der Waals surface area contributed by atoms with E-state index in [0.29, 0.717) is 17.2 Å². The summed E-state index contributed by atoms with van der Waals surface area (Å²) in [6.07, 6.45) is 1.73. The van der Waals surface area contributed by atoms with Gasteiger partial charge in [-0.3, -0.25) is 25.0 Å². The van der Waals surface area contributed by atoms with Crippen LogP contribution in [0, 0.1) is 17.0 Å².